The first kappa shape index (κ1) is 20.6. The summed E-state index contributed by atoms with van der Waals surface area (Å²) < 4.78 is 1.35. The van der Waals surface area contributed by atoms with E-state index >= 15 is 0 Å². The van der Waals surface area contributed by atoms with Gasteiger partial charge in [-0.15, -0.1) is 0 Å². The van der Waals surface area contributed by atoms with Crippen LogP contribution < -0.4 is 5.56 Å². The van der Waals surface area contributed by atoms with Gasteiger partial charge in [-0.3, -0.25) is 14.7 Å². The molecule has 0 bridgehead atoms. The van der Waals surface area contributed by atoms with Gasteiger partial charge in [-0.05, 0) is 62.8 Å². The average Bonchev–Trinajstić information content (AvgIpc) is 3.41. The molecule has 158 valence electrons. The second-order valence-corrected chi connectivity index (χ2v) is 8.03. The van der Waals surface area contributed by atoms with E-state index in [2.05, 4.69) is 21.1 Å². The summed E-state index contributed by atoms with van der Waals surface area (Å²) in [5.74, 6) is 0.364. The lowest BCUT2D eigenvalue weighted by Gasteiger charge is -2.20. The number of nitriles is 1. The Kier molecular flexibility index (Phi) is 5.44. The molecule has 3 aromatic rings. The first-order valence-corrected chi connectivity index (χ1v) is 10.1. The van der Waals surface area contributed by atoms with E-state index in [1.165, 1.54) is 10.9 Å². The summed E-state index contributed by atoms with van der Waals surface area (Å²) in [4.78, 5) is 34.1. The Balaban J connectivity index is 1.56. The second kappa shape index (κ2) is 8.20. The molecular formula is C23H24N6O2. The van der Waals surface area contributed by atoms with Crippen molar-refractivity contribution in [1.29, 1.82) is 5.26 Å². The molecule has 1 fully saturated rings. The summed E-state index contributed by atoms with van der Waals surface area (Å²) >= 11 is 0. The summed E-state index contributed by atoms with van der Waals surface area (Å²) in [5, 5.41) is 12.0. The third kappa shape index (κ3) is 3.88. The predicted molar refractivity (Wildman–Crippen MR) is 117 cm³/mol. The maximum atomic E-state index is 13.0. The zero-order valence-corrected chi connectivity index (χ0v) is 17.8. The van der Waals surface area contributed by atoms with E-state index in [1.54, 1.807) is 36.5 Å². The molecule has 2 aromatic heterocycles. The number of aromatic amines is 1. The van der Waals surface area contributed by atoms with Crippen LogP contribution in [0.3, 0.4) is 0 Å². The minimum atomic E-state index is -0.243. The fraction of sp³-hybridized carbons (Fsp3) is 0.304. The van der Waals surface area contributed by atoms with Gasteiger partial charge in [0.05, 0.1) is 22.8 Å². The highest BCUT2D eigenvalue weighted by molar-refractivity contribution is 5.94. The number of benzene rings is 1. The fourth-order valence-corrected chi connectivity index (χ4v) is 3.94. The minimum Gasteiger partial charge on any atom is -0.337 e. The Labute approximate surface area is 180 Å². The number of aromatic nitrogens is 3. The lowest BCUT2D eigenvalue weighted by atomic mass is 10.0. The molecule has 3 heterocycles. The Morgan fingerprint density at radius 1 is 1.26 bits per heavy atom. The Morgan fingerprint density at radius 3 is 2.68 bits per heavy atom. The summed E-state index contributed by atoms with van der Waals surface area (Å²) in [6, 6.07) is 11.1. The van der Waals surface area contributed by atoms with E-state index < -0.39 is 0 Å². The van der Waals surface area contributed by atoms with Crippen molar-refractivity contribution in [3.63, 3.8) is 0 Å². The number of carbonyl (C=O) groups is 1. The normalized spacial score (nSPS) is 16.0. The number of hydrogen-bond donors (Lipinski definition) is 1. The van der Waals surface area contributed by atoms with Crippen LogP contribution in [0.2, 0.25) is 0 Å². The van der Waals surface area contributed by atoms with Gasteiger partial charge in [0, 0.05) is 31.5 Å². The van der Waals surface area contributed by atoms with Crippen molar-refractivity contribution in [3.05, 3.63) is 69.8 Å². The number of rotatable bonds is 4. The van der Waals surface area contributed by atoms with Crippen LogP contribution in [0.5, 0.6) is 0 Å². The van der Waals surface area contributed by atoms with Gasteiger partial charge in [0.25, 0.3) is 11.5 Å². The van der Waals surface area contributed by atoms with E-state index in [-0.39, 0.29) is 11.5 Å². The van der Waals surface area contributed by atoms with Gasteiger partial charge >= 0.3 is 0 Å². The molecule has 1 amide bonds. The van der Waals surface area contributed by atoms with Crippen molar-refractivity contribution in [3.8, 4) is 23.0 Å². The van der Waals surface area contributed by atoms with Crippen LogP contribution in [0.15, 0.2) is 47.5 Å². The largest absolute Gasteiger partial charge is 0.337 e. The van der Waals surface area contributed by atoms with Gasteiger partial charge < -0.3 is 9.80 Å². The van der Waals surface area contributed by atoms with Crippen LogP contribution in [-0.4, -0.2) is 63.7 Å². The highest BCUT2D eigenvalue weighted by Gasteiger charge is 2.28. The van der Waals surface area contributed by atoms with Crippen LogP contribution in [-0.2, 0) is 0 Å². The number of likely N-dealkylation sites (tertiary alicyclic amines) is 1. The lowest BCUT2D eigenvalue weighted by Crippen LogP contribution is -2.34. The predicted octanol–water partition coefficient (Wildman–Crippen LogP) is 2.18. The second-order valence-electron chi connectivity index (χ2n) is 8.03. The molecule has 0 unspecified atom stereocenters. The number of likely N-dealkylation sites (N-methyl/N-ethyl adjacent to an activating group) is 1. The van der Waals surface area contributed by atoms with Gasteiger partial charge in [0.1, 0.15) is 0 Å². The van der Waals surface area contributed by atoms with E-state index in [0.29, 0.717) is 35.1 Å². The quantitative estimate of drug-likeness (QED) is 0.703. The standard InChI is InChI=1S/C23H24N6O2/c1-15-10-16(11-24)4-6-19(15)20-13-26-29(23(20)31)21-7-5-17(12-25-21)22(30)28-9-8-18(14-28)27(2)3/h4-7,10,12-13,18,26H,8-9,14H2,1-3H3/t18-/m1/s1. The maximum Gasteiger partial charge on any atom is 0.280 e. The van der Waals surface area contributed by atoms with Crippen LogP contribution in [0.4, 0.5) is 0 Å². The first-order chi connectivity index (χ1) is 14.9. The average molecular weight is 416 g/mol. The molecule has 1 N–H and O–H groups in total. The van der Waals surface area contributed by atoms with Crippen LogP contribution >= 0.6 is 0 Å². The number of hydrogen-bond acceptors (Lipinski definition) is 5. The summed E-state index contributed by atoms with van der Waals surface area (Å²) in [6.07, 6.45) is 4.10. The zero-order valence-electron chi connectivity index (χ0n) is 17.8. The van der Waals surface area contributed by atoms with Crippen molar-refractivity contribution in [1.82, 2.24) is 24.6 Å². The smallest absolute Gasteiger partial charge is 0.280 e. The van der Waals surface area contributed by atoms with Gasteiger partial charge in [-0.2, -0.15) is 5.26 Å². The number of pyridine rings is 1. The Bertz CT molecular complexity index is 1220. The summed E-state index contributed by atoms with van der Waals surface area (Å²) in [6.45, 7) is 3.30. The van der Waals surface area contributed by atoms with E-state index in [4.69, 9.17) is 5.26 Å². The number of H-pyrrole nitrogens is 1. The molecule has 0 radical (unpaired) electrons. The van der Waals surface area contributed by atoms with Gasteiger partial charge in [0.15, 0.2) is 5.82 Å². The lowest BCUT2D eigenvalue weighted by molar-refractivity contribution is 0.0782. The third-order valence-corrected chi connectivity index (χ3v) is 5.82. The van der Waals surface area contributed by atoms with Crippen LogP contribution in [0.1, 0.15) is 27.9 Å². The van der Waals surface area contributed by atoms with Crippen LogP contribution in [0.25, 0.3) is 16.9 Å². The topological polar surface area (TPSA) is 98.0 Å². The molecule has 1 aliphatic rings. The third-order valence-electron chi connectivity index (χ3n) is 5.82. The molecule has 1 atom stereocenters. The number of nitrogens with zero attached hydrogens (tertiary/aromatic N) is 5. The highest BCUT2D eigenvalue weighted by atomic mass is 16.2. The molecule has 4 rings (SSSR count). The van der Waals surface area contributed by atoms with Crippen molar-refractivity contribution in [2.75, 3.05) is 27.2 Å². The molecule has 1 aliphatic heterocycles. The SMILES string of the molecule is Cc1cc(C#N)ccc1-c1c[nH]n(-c2ccc(C(=O)N3CC[C@@H](N(C)C)C3)cn2)c1=O. The van der Waals surface area contributed by atoms with Crippen molar-refractivity contribution in [2.24, 2.45) is 0 Å². The minimum absolute atomic E-state index is 0.0453. The molecule has 0 aliphatic carbocycles. The molecule has 1 saturated heterocycles. The molecule has 31 heavy (non-hydrogen) atoms. The maximum absolute atomic E-state index is 13.0. The van der Waals surface area contributed by atoms with E-state index in [1.807, 2.05) is 25.9 Å². The van der Waals surface area contributed by atoms with E-state index in [0.717, 1.165) is 24.1 Å². The summed E-state index contributed by atoms with van der Waals surface area (Å²) in [5.41, 5.74) is 2.91. The highest BCUT2D eigenvalue weighted by Crippen LogP contribution is 2.22. The van der Waals surface area contributed by atoms with Crippen molar-refractivity contribution in [2.45, 2.75) is 19.4 Å². The number of amides is 1. The fourth-order valence-electron chi connectivity index (χ4n) is 3.94. The monoisotopic (exact) mass is 416 g/mol. The van der Waals surface area contributed by atoms with E-state index in [9.17, 15) is 9.59 Å². The Morgan fingerprint density at radius 2 is 2.06 bits per heavy atom. The van der Waals surface area contributed by atoms with Gasteiger partial charge in [-0.25, -0.2) is 9.67 Å². The number of aryl methyl sites for hydroxylation is 1. The molecule has 0 saturated carbocycles. The number of carbonyl (C=O) groups excluding carboxylic acids is 1. The first-order valence-electron chi connectivity index (χ1n) is 10.1. The molecular weight excluding hydrogens is 392 g/mol. The zero-order chi connectivity index (χ0) is 22.1. The molecule has 1 aromatic carbocycles. The summed E-state index contributed by atoms with van der Waals surface area (Å²) in [7, 11) is 4.05. The number of nitrogens with one attached hydrogen (secondary N) is 1. The van der Waals surface area contributed by atoms with Crippen molar-refractivity contribution >= 4 is 5.91 Å². The van der Waals surface area contributed by atoms with Crippen LogP contribution in [0, 0.1) is 18.3 Å². The van der Waals surface area contributed by atoms with Gasteiger partial charge in [0.2, 0.25) is 0 Å². The Hall–Kier alpha value is -3.70. The molecule has 8 nitrogen and oxygen atoms in total. The molecule has 8 heteroatoms. The molecule has 0 spiro atoms. The van der Waals surface area contributed by atoms with Crippen molar-refractivity contribution < 1.29 is 4.79 Å². The van der Waals surface area contributed by atoms with Gasteiger partial charge in [-0.1, -0.05) is 6.07 Å².